The molecule has 4 heteroatoms. The highest BCUT2D eigenvalue weighted by molar-refractivity contribution is 6.13. The number of nitrogens with one attached hydrogen (secondary N) is 2. The van der Waals surface area contributed by atoms with Gasteiger partial charge in [0.05, 0.1) is 12.8 Å². The molecule has 0 radical (unpaired) electrons. The van der Waals surface area contributed by atoms with Crippen molar-refractivity contribution in [3.05, 3.63) is 53.7 Å². The van der Waals surface area contributed by atoms with Crippen LogP contribution in [0.5, 0.6) is 5.75 Å². The van der Waals surface area contributed by atoms with Crippen LogP contribution in [0.1, 0.15) is 43.7 Å². The number of hydrogen-bond acceptors (Lipinski definition) is 4. The van der Waals surface area contributed by atoms with Gasteiger partial charge in [0.15, 0.2) is 0 Å². The number of aromatic nitrogens is 1. The Kier molecular flexibility index (Phi) is 6.60. The fraction of sp³-hybridized carbons (Fsp3) is 0.368. The summed E-state index contributed by atoms with van der Waals surface area (Å²) >= 11 is 0. The van der Waals surface area contributed by atoms with Crippen molar-refractivity contribution in [3.8, 4) is 5.75 Å². The van der Waals surface area contributed by atoms with Gasteiger partial charge < -0.3 is 10.1 Å². The van der Waals surface area contributed by atoms with E-state index >= 15 is 0 Å². The summed E-state index contributed by atoms with van der Waals surface area (Å²) in [5, 5.41) is 11.9. The van der Waals surface area contributed by atoms with E-state index in [2.05, 4.69) is 17.2 Å². The van der Waals surface area contributed by atoms with Crippen LogP contribution >= 0.6 is 0 Å². The van der Waals surface area contributed by atoms with Crippen LogP contribution in [0, 0.1) is 5.41 Å². The van der Waals surface area contributed by atoms with Gasteiger partial charge >= 0.3 is 0 Å². The molecule has 2 N–H and O–H groups in total. The topological polar surface area (TPSA) is 58.0 Å². The lowest BCUT2D eigenvalue weighted by Crippen LogP contribution is -2.10. The molecule has 1 aromatic carbocycles. The fourth-order valence-electron chi connectivity index (χ4n) is 2.44. The average Bonchev–Trinajstić information content (AvgIpc) is 2.61. The number of ether oxygens (including phenoxy) is 1. The van der Waals surface area contributed by atoms with Gasteiger partial charge in [0.25, 0.3) is 0 Å². The van der Waals surface area contributed by atoms with Gasteiger partial charge in [-0.05, 0) is 30.7 Å². The Labute approximate surface area is 138 Å². The van der Waals surface area contributed by atoms with E-state index in [1.807, 2.05) is 36.4 Å². The van der Waals surface area contributed by atoms with Crippen LogP contribution in [0.2, 0.25) is 0 Å². The summed E-state index contributed by atoms with van der Waals surface area (Å²) in [6.07, 6.45) is 6.60. The molecule has 0 saturated heterocycles. The summed E-state index contributed by atoms with van der Waals surface area (Å²) in [6.45, 7) is 3.09. The molecule has 0 amide bonds. The van der Waals surface area contributed by atoms with E-state index in [-0.39, 0.29) is 0 Å². The van der Waals surface area contributed by atoms with Crippen molar-refractivity contribution in [3.63, 3.8) is 0 Å². The average molecular weight is 311 g/mol. The smallest absolute Gasteiger partial charge is 0.135 e. The van der Waals surface area contributed by atoms with E-state index in [1.165, 1.54) is 19.3 Å². The number of pyridine rings is 1. The van der Waals surface area contributed by atoms with Crippen LogP contribution in [0.15, 0.2) is 42.6 Å². The molecule has 0 aliphatic heterocycles. The molecule has 0 atom stereocenters. The summed E-state index contributed by atoms with van der Waals surface area (Å²) < 4.78 is 5.25. The highest BCUT2D eigenvalue weighted by Gasteiger charge is 2.11. The maximum Gasteiger partial charge on any atom is 0.135 e. The van der Waals surface area contributed by atoms with Crippen LogP contribution in [-0.2, 0) is 0 Å². The molecule has 4 nitrogen and oxygen atoms in total. The number of anilines is 1. The summed E-state index contributed by atoms with van der Waals surface area (Å²) in [4.78, 5) is 4.40. The Bertz CT molecular complexity index is 640. The van der Waals surface area contributed by atoms with E-state index in [9.17, 15) is 0 Å². The molecular formula is C19H25N3O. The molecule has 0 spiro atoms. The van der Waals surface area contributed by atoms with Crippen molar-refractivity contribution in [2.45, 2.75) is 32.6 Å². The predicted octanol–water partition coefficient (Wildman–Crippen LogP) is 4.50. The van der Waals surface area contributed by atoms with Crippen molar-refractivity contribution in [1.29, 1.82) is 5.41 Å². The van der Waals surface area contributed by atoms with Crippen molar-refractivity contribution in [1.82, 2.24) is 4.98 Å². The lowest BCUT2D eigenvalue weighted by atomic mass is 10.0. The van der Waals surface area contributed by atoms with Gasteiger partial charge in [-0.1, -0.05) is 38.3 Å². The molecule has 122 valence electrons. The van der Waals surface area contributed by atoms with Gasteiger partial charge in [0.1, 0.15) is 11.6 Å². The van der Waals surface area contributed by atoms with E-state index in [0.717, 1.165) is 35.7 Å². The third-order valence-electron chi connectivity index (χ3n) is 3.76. The van der Waals surface area contributed by atoms with E-state index in [0.29, 0.717) is 5.71 Å². The second-order valence-electron chi connectivity index (χ2n) is 5.49. The van der Waals surface area contributed by atoms with Gasteiger partial charge in [-0.15, -0.1) is 0 Å². The van der Waals surface area contributed by atoms with Crippen LogP contribution in [0.25, 0.3) is 0 Å². The van der Waals surface area contributed by atoms with Crippen molar-refractivity contribution < 1.29 is 4.74 Å². The first-order valence-corrected chi connectivity index (χ1v) is 8.18. The number of hydrogen-bond donors (Lipinski definition) is 2. The normalized spacial score (nSPS) is 10.3. The van der Waals surface area contributed by atoms with Gasteiger partial charge in [-0.3, -0.25) is 5.41 Å². The number of unbranched alkanes of at least 4 members (excludes halogenated alkanes) is 3. The molecule has 1 heterocycles. The minimum Gasteiger partial charge on any atom is -0.497 e. The Hall–Kier alpha value is -2.36. The predicted molar refractivity (Wildman–Crippen MR) is 95.8 cm³/mol. The lowest BCUT2D eigenvalue weighted by Gasteiger charge is -2.12. The second kappa shape index (κ2) is 8.93. The molecule has 0 saturated carbocycles. The highest BCUT2D eigenvalue weighted by atomic mass is 16.5. The number of rotatable bonds is 9. The van der Waals surface area contributed by atoms with Crippen LogP contribution in [0.3, 0.4) is 0 Å². The maximum absolute atomic E-state index is 8.49. The summed E-state index contributed by atoms with van der Waals surface area (Å²) in [5.41, 5.74) is 2.09. The molecule has 0 bridgehead atoms. The Morgan fingerprint density at radius 3 is 2.83 bits per heavy atom. The lowest BCUT2D eigenvalue weighted by molar-refractivity contribution is 0.414. The summed E-state index contributed by atoms with van der Waals surface area (Å²) in [7, 11) is 1.64. The molecule has 1 aromatic heterocycles. The van der Waals surface area contributed by atoms with Crippen molar-refractivity contribution >= 4 is 11.5 Å². The Morgan fingerprint density at radius 1 is 1.17 bits per heavy atom. The maximum atomic E-state index is 8.49. The SMILES string of the molecule is CCCCCCNc1ncccc1C(=N)c1cccc(OC)c1. The molecule has 23 heavy (non-hydrogen) atoms. The summed E-state index contributed by atoms with van der Waals surface area (Å²) in [5.74, 6) is 1.53. The molecule has 0 unspecified atom stereocenters. The van der Waals surface area contributed by atoms with Crippen molar-refractivity contribution in [2.75, 3.05) is 19.0 Å². The zero-order chi connectivity index (χ0) is 16.5. The monoisotopic (exact) mass is 311 g/mol. The second-order valence-corrected chi connectivity index (χ2v) is 5.49. The van der Waals surface area contributed by atoms with E-state index in [4.69, 9.17) is 10.1 Å². The highest BCUT2D eigenvalue weighted by Crippen LogP contribution is 2.20. The molecule has 0 fully saturated rings. The Morgan fingerprint density at radius 2 is 2.04 bits per heavy atom. The van der Waals surface area contributed by atoms with Crippen molar-refractivity contribution in [2.24, 2.45) is 0 Å². The first-order chi connectivity index (χ1) is 11.3. The van der Waals surface area contributed by atoms with Gasteiger partial charge in [0, 0.05) is 23.9 Å². The van der Waals surface area contributed by atoms with Gasteiger partial charge in [-0.25, -0.2) is 4.98 Å². The van der Waals surface area contributed by atoms with Gasteiger partial charge in [0.2, 0.25) is 0 Å². The first kappa shape index (κ1) is 17.0. The number of benzene rings is 1. The molecular weight excluding hydrogens is 286 g/mol. The standard InChI is InChI=1S/C19H25N3O/c1-3-4-5-6-12-21-19-17(11-8-13-22-19)18(20)15-9-7-10-16(14-15)23-2/h7-11,13-14,20H,3-6,12H2,1-2H3,(H,21,22). The van der Waals surface area contributed by atoms with Crippen LogP contribution in [0.4, 0.5) is 5.82 Å². The zero-order valence-electron chi connectivity index (χ0n) is 13.9. The zero-order valence-corrected chi connectivity index (χ0v) is 13.9. The quantitative estimate of drug-likeness (QED) is 0.529. The number of methoxy groups -OCH3 is 1. The molecule has 2 rings (SSSR count). The third-order valence-corrected chi connectivity index (χ3v) is 3.76. The summed E-state index contributed by atoms with van der Waals surface area (Å²) in [6, 6.07) is 11.4. The Balaban J connectivity index is 2.10. The third kappa shape index (κ3) is 4.81. The van der Waals surface area contributed by atoms with Crippen LogP contribution in [-0.4, -0.2) is 24.4 Å². The molecule has 0 aliphatic rings. The van der Waals surface area contributed by atoms with E-state index in [1.54, 1.807) is 13.3 Å². The number of nitrogens with zero attached hydrogens (tertiary/aromatic N) is 1. The van der Waals surface area contributed by atoms with Gasteiger partial charge in [-0.2, -0.15) is 0 Å². The van der Waals surface area contributed by atoms with Crippen LogP contribution < -0.4 is 10.1 Å². The first-order valence-electron chi connectivity index (χ1n) is 8.18. The fourth-order valence-corrected chi connectivity index (χ4v) is 2.44. The minimum absolute atomic E-state index is 0.452. The molecule has 0 aliphatic carbocycles. The largest absolute Gasteiger partial charge is 0.497 e. The van der Waals surface area contributed by atoms with E-state index < -0.39 is 0 Å². The minimum atomic E-state index is 0.452. The molecule has 2 aromatic rings.